The highest BCUT2D eigenvalue weighted by Gasteiger charge is 2.17. The summed E-state index contributed by atoms with van der Waals surface area (Å²) in [5.41, 5.74) is 7.97. The molecule has 0 saturated carbocycles. The summed E-state index contributed by atoms with van der Waals surface area (Å²) >= 11 is 0. The fraction of sp³-hybridized carbons (Fsp3) is 0. The lowest BCUT2D eigenvalue weighted by Gasteiger charge is -2.11. The van der Waals surface area contributed by atoms with Crippen molar-refractivity contribution in [3.63, 3.8) is 0 Å². The molecule has 5 nitrogen and oxygen atoms in total. The van der Waals surface area contributed by atoms with E-state index in [0.29, 0.717) is 11.6 Å². The molecule has 190 valence electrons. The molecular weight excluding hydrogens is 490 g/mol. The molecule has 40 heavy (non-hydrogen) atoms. The second-order valence-corrected chi connectivity index (χ2v) is 9.47. The third-order valence-corrected chi connectivity index (χ3v) is 6.85. The highest BCUT2D eigenvalue weighted by molar-refractivity contribution is 5.72. The first-order valence-corrected chi connectivity index (χ1v) is 13.2. The fourth-order valence-electron chi connectivity index (χ4n) is 4.89. The quantitative estimate of drug-likeness (QED) is 0.225. The number of hydrogen-bond donors (Lipinski definition) is 0. The predicted molar refractivity (Wildman–Crippen MR) is 160 cm³/mol. The van der Waals surface area contributed by atoms with Crippen LogP contribution in [-0.4, -0.2) is 24.5 Å². The molecule has 3 aromatic heterocycles. The van der Waals surface area contributed by atoms with E-state index >= 15 is 0 Å². The van der Waals surface area contributed by atoms with Crippen LogP contribution in [0, 0.1) is 0 Å². The third-order valence-electron chi connectivity index (χ3n) is 6.85. The molecule has 0 fully saturated rings. The Morgan fingerprint density at radius 1 is 0.350 bits per heavy atom. The molecule has 0 unspecified atom stereocenters. The van der Waals surface area contributed by atoms with E-state index < -0.39 is 0 Å². The van der Waals surface area contributed by atoms with E-state index in [9.17, 15) is 0 Å². The summed E-state index contributed by atoms with van der Waals surface area (Å²) in [5, 5.41) is 10.0. The number of pyridine rings is 1. The van der Waals surface area contributed by atoms with Crippen LogP contribution in [0.15, 0.2) is 152 Å². The van der Waals surface area contributed by atoms with Gasteiger partial charge in [0.2, 0.25) is 0 Å². The Morgan fingerprint density at radius 3 is 1.07 bits per heavy atom. The number of rotatable bonds is 6. The molecule has 0 spiro atoms. The summed E-state index contributed by atoms with van der Waals surface area (Å²) in [7, 11) is 0. The highest BCUT2D eigenvalue weighted by Crippen LogP contribution is 2.31. The van der Waals surface area contributed by atoms with Crippen molar-refractivity contribution in [2.45, 2.75) is 0 Å². The van der Waals surface area contributed by atoms with Gasteiger partial charge in [0.05, 0.1) is 22.8 Å². The van der Waals surface area contributed by atoms with E-state index in [1.165, 1.54) is 0 Å². The molecular formula is C35H25N5. The maximum absolute atomic E-state index is 5.10. The van der Waals surface area contributed by atoms with Gasteiger partial charge in [0.25, 0.3) is 0 Å². The van der Waals surface area contributed by atoms with Crippen molar-refractivity contribution in [3.8, 4) is 56.7 Å². The normalized spacial score (nSPS) is 11.0. The molecule has 0 atom stereocenters. The van der Waals surface area contributed by atoms with Gasteiger partial charge in [-0.3, -0.25) is 0 Å². The van der Waals surface area contributed by atoms with Crippen LogP contribution in [0.25, 0.3) is 56.7 Å². The second kappa shape index (κ2) is 10.3. The lowest BCUT2D eigenvalue weighted by atomic mass is 10.1. The Kier molecular flexibility index (Phi) is 6.07. The summed E-state index contributed by atoms with van der Waals surface area (Å²) < 4.78 is 3.84. The lowest BCUT2D eigenvalue weighted by molar-refractivity contribution is 0.813. The maximum atomic E-state index is 5.10. The average Bonchev–Trinajstić information content (AvgIpc) is 3.69. The van der Waals surface area contributed by atoms with Crippen molar-refractivity contribution >= 4 is 0 Å². The van der Waals surface area contributed by atoms with Crippen LogP contribution in [-0.2, 0) is 0 Å². The van der Waals surface area contributed by atoms with Gasteiger partial charge < -0.3 is 0 Å². The van der Waals surface area contributed by atoms with Gasteiger partial charge in [-0.15, -0.1) is 0 Å². The van der Waals surface area contributed by atoms with Crippen LogP contribution in [0.2, 0.25) is 0 Å². The monoisotopic (exact) mass is 515 g/mol. The summed E-state index contributed by atoms with van der Waals surface area (Å²) in [6.07, 6.45) is 0. The smallest absolute Gasteiger partial charge is 0.156 e. The van der Waals surface area contributed by atoms with E-state index in [1.807, 2.05) is 100 Å². The first kappa shape index (κ1) is 23.6. The molecule has 4 aromatic carbocycles. The third kappa shape index (κ3) is 4.50. The zero-order valence-corrected chi connectivity index (χ0v) is 21.7. The minimum atomic E-state index is 0.717. The first-order chi connectivity index (χ1) is 19.8. The van der Waals surface area contributed by atoms with Crippen LogP contribution in [0.4, 0.5) is 0 Å². The molecule has 0 N–H and O–H groups in total. The van der Waals surface area contributed by atoms with E-state index in [2.05, 4.69) is 60.7 Å². The lowest BCUT2D eigenvalue weighted by Crippen LogP contribution is -2.07. The van der Waals surface area contributed by atoms with Crippen molar-refractivity contribution in [2.75, 3.05) is 0 Å². The molecule has 0 amide bonds. The second-order valence-electron chi connectivity index (χ2n) is 9.47. The van der Waals surface area contributed by atoms with Gasteiger partial charge in [-0.1, -0.05) is 127 Å². The minimum Gasteiger partial charge on any atom is -0.214 e. The predicted octanol–water partition coefficient (Wildman–Crippen LogP) is 8.12. The Hall–Kier alpha value is -5.55. The van der Waals surface area contributed by atoms with Gasteiger partial charge in [-0.05, 0) is 24.3 Å². The van der Waals surface area contributed by atoms with Gasteiger partial charge in [-0.2, -0.15) is 10.2 Å². The Bertz CT molecular complexity index is 1740. The van der Waals surface area contributed by atoms with Gasteiger partial charge >= 0.3 is 0 Å². The van der Waals surface area contributed by atoms with Crippen LogP contribution in [0.3, 0.4) is 0 Å². The van der Waals surface area contributed by atoms with Crippen molar-refractivity contribution in [3.05, 3.63) is 152 Å². The van der Waals surface area contributed by atoms with Crippen LogP contribution < -0.4 is 0 Å². The fourth-order valence-corrected chi connectivity index (χ4v) is 4.89. The van der Waals surface area contributed by atoms with Crippen molar-refractivity contribution < 1.29 is 0 Å². The molecule has 0 aliphatic carbocycles. The molecule has 0 aliphatic rings. The van der Waals surface area contributed by atoms with E-state index in [4.69, 9.17) is 15.2 Å². The summed E-state index contributed by atoms with van der Waals surface area (Å²) in [4.78, 5) is 5.10. The summed E-state index contributed by atoms with van der Waals surface area (Å²) in [5.74, 6) is 1.43. The number of hydrogen-bond acceptors (Lipinski definition) is 3. The van der Waals surface area contributed by atoms with Crippen LogP contribution in [0.1, 0.15) is 0 Å². The van der Waals surface area contributed by atoms with Crippen molar-refractivity contribution in [2.24, 2.45) is 0 Å². The zero-order valence-electron chi connectivity index (χ0n) is 21.7. The molecule has 7 aromatic rings. The summed E-state index contributed by atoms with van der Waals surface area (Å²) in [6, 6.07) is 51.3. The van der Waals surface area contributed by atoms with E-state index in [0.717, 1.165) is 45.0 Å². The van der Waals surface area contributed by atoms with Crippen molar-refractivity contribution in [1.29, 1.82) is 0 Å². The Morgan fingerprint density at radius 2 is 0.700 bits per heavy atom. The molecule has 7 rings (SSSR count). The largest absolute Gasteiger partial charge is 0.214 e. The molecule has 0 bridgehead atoms. The average molecular weight is 516 g/mol. The standard InChI is InChI=1S/C35H25N5/c1-5-14-26(15-6-1)30-24-32(28-18-9-3-10-19-28)39(37-30)34-22-13-23-35(36-34)40-33(29-20-11-4-12-21-29)25-31(38-40)27-16-7-2-8-17-27/h1-25H. The van der Waals surface area contributed by atoms with Gasteiger partial charge in [0, 0.05) is 22.3 Å². The molecule has 0 saturated heterocycles. The molecule has 5 heteroatoms. The van der Waals surface area contributed by atoms with Gasteiger partial charge in [-0.25, -0.2) is 14.3 Å². The topological polar surface area (TPSA) is 48.5 Å². The number of aromatic nitrogens is 5. The molecule has 0 aliphatic heterocycles. The minimum absolute atomic E-state index is 0.717. The highest BCUT2D eigenvalue weighted by atomic mass is 15.4. The summed E-state index contributed by atoms with van der Waals surface area (Å²) in [6.45, 7) is 0. The van der Waals surface area contributed by atoms with Crippen LogP contribution >= 0.6 is 0 Å². The van der Waals surface area contributed by atoms with Crippen LogP contribution in [0.5, 0.6) is 0 Å². The molecule has 3 heterocycles. The number of benzene rings is 4. The van der Waals surface area contributed by atoms with Gasteiger partial charge in [0.15, 0.2) is 11.6 Å². The maximum Gasteiger partial charge on any atom is 0.156 e. The number of nitrogens with zero attached hydrogens (tertiary/aromatic N) is 5. The van der Waals surface area contributed by atoms with E-state index in [1.54, 1.807) is 0 Å². The Labute approximate surface area is 232 Å². The molecule has 0 radical (unpaired) electrons. The van der Waals surface area contributed by atoms with Gasteiger partial charge in [0.1, 0.15) is 0 Å². The van der Waals surface area contributed by atoms with Crippen molar-refractivity contribution in [1.82, 2.24) is 24.5 Å². The first-order valence-electron chi connectivity index (χ1n) is 13.2. The zero-order chi connectivity index (χ0) is 26.7. The SMILES string of the molecule is c1ccc(-c2cc(-c3ccccc3)n(-c3cccc(-n4nc(-c5ccccc5)cc4-c4ccccc4)n3)n2)cc1. The van der Waals surface area contributed by atoms with E-state index in [-0.39, 0.29) is 0 Å². The Balaban J connectivity index is 1.39.